The van der Waals surface area contributed by atoms with Crippen LogP contribution < -0.4 is 4.90 Å². The molecule has 124 valence electrons. The molecule has 5 heteroatoms. The van der Waals surface area contributed by atoms with E-state index in [1.807, 2.05) is 32.0 Å². The van der Waals surface area contributed by atoms with Crippen LogP contribution in [0.4, 0.5) is 5.69 Å². The molecule has 23 heavy (non-hydrogen) atoms. The lowest BCUT2D eigenvalue weighted by Crippen LogP contribution is -2.52. The lowest BCUT2D eigenvalue weighted by Gasteiger charge is -2.36. The maximum absolute atomic E-state index is 12.9. The monoisotopic (exact) mass is 315 g/mol. The summed E-state index contributed by atoms with van der Waals surface area (Å²) in [5, 5.41) is 0. The van der Waals surface area contributed by atoms with Gasteiger partial charge in [0.1, 0.15) is 0 Å². The van der Waals surface area contributed by atoms with Crippen LogP contribution in [0.3, 0.4) is 0 Å². The van der Waals surface area contributed by atoms with E-state index in [-0.39, 0.29) is 17.9 Å². The molecule has 0 bridgehead atoms. The van der Waals surface area contributed by atoms with Gasteiger partial charge in [0.05, 0.1) is 18.2 Å². The molecule has 2 saturated heterocycles. The second kappa shape index (κ2) is 6.42. The maximum atomic E-state index is 12.9. The van der Waals surface area contributed by atoms with Crippen LogP contribution in [0.1, 0.15) is 24.5 Å². The molecule has 2 amide bonds. The normalized spacial score (nSPS) is 23.8. The first-order valence-electron chi connectivity index (χ1n) is 8.42. The van der Waals surface area contributed by atoms with E-state index in [1.54, 1.807) is 0 Å². The molecule has 2 aliphatic heterocycles. The number of imide groups is 1. The maximum Gasteiger partial charge on any atom is 0.251 e. The van der Waals surface area contributed by atoms with Crippen molar-refractivity contribution in [3.63, 3.8) is 0 Å². The number of aryl methyl sites for hydroxylation is 1. The Balaban J connectivity index is 1.79. The Kier molecular flexibility index (Phi) is 4.50. The SMILES string of the molecule is CCN1CCN([C@@H]2CC(=O)N(c3cccc(C)c3C)C2=O)CC1. The van der Waals surface area contributed by atoms with Crippen molar-refractivity contribution in [2.24, 2.45) is 0 Å². The molecule has 2 fully saturated rings. The third kappa shape index (κ3) is 2.91. The zero-order valence-electron chi connectivity index (χ0n) is 14.2. The van der Waals surface area contributed by atoms with Gasteiger partial charge in [0.15, 0.2) is 0 Å². The van der Waals surface area contributed by atoms with E-state index >= 15 is 0 Å². The zero-order valence-corrected chi connectivity index (χ0v) is 14.2. The van der Waals surface area contributed by atoms with Crippen LogP contribution >= 0.6 is 0 Å². The second-order valence-corrected chi connectivity index (χ2v) is 6.48. The van der Waals surface area contributed by atoms with Gasteiger partial charge < -0.3 is 4.90 Å². The highest BCUT2D eigenvalue weighted by atomic mass is 16.2. The molecule has 0 spiro atoms. The van der Waals surface area contributed by atoms with E-state index < -0.39 is 0 Å². The van der Waals surface area contributed by atoms with Gasteiger partial charge in [0.2, 0.25) is 5.91 Å². The van der Waals surface area contributed by atoms with Crippen molar-refractivity contribution in [3.8, 4) is 0 Å². The van der Waals surface area contributed by atoms with Crippen molar-refractivity contribution in [1.29, 1.82) is 0 Å². The molecule has 1 aromatic carbocycles. The number of amides is 2. The number of carbonyl (C=O) groups is 2. The smallest absolute Gasteiger partial charge is 0.251 e. The molecule has 2 heterocycles. The average Bonchev–Trinajstić information content (AvgIpc) is 2.85. The Morgan fingerprint density at radius 3 is 2.43 bits per heavy atom. The van der Waals surface area contributed by atoms with E-state index in [2.05, 4.69) is 16.7 Å². The van der Waals surface area contributed by atoms with Gasteiger partial charge in [0, 0.05) is 26.2 Å². The van der Waals surface area contributed by atoms with Crippen molar-refractivity contribution >= 4 is 17.5 Å². The van der Waals surface area contributed by atoms with Gasteiger partial charge >= 0.3 is 0 Å². The van der Waals surface area contributed by atoms with E-state index in [0.29, 0.717) is 6.42 Å². The molecule has 0 saturated carbocycles. The number of hydrogen-bond acceptors (Lipinski definition) is 4. The number of likely N-dealkylation sites (N-methyl/N-ethyl adjacent to an activating group) is 1. The van der Waals surface area contributed by atoms with Gasteiger partial charge in [0.25, 0.3) is 5.91 Å². The van der Waals surface area contributed by atoms with E-state index in [0.717, 1.165) is 49.5 Å². The zero-order chi connectivity index (χ0) is 16.6. The molecule has 0 unspecified atom stereocenters. The third-order valence-corrected chi connectivity index (χ3v) is 5.23. The van der Waals surface area contributed by atoms with Gasteiger partial charge in [-0.2, -0.15) is 0 Å². The number of piperazine rings is 1. The van der Waals surface area contributed by atoms with E-state index in [9.17, 15) is 9.59 Å². The molecule has 5 nitrogen and oxygen atoms in total. The highest BCUT2D eigenvalue weighted by Crippen LogP contribution is 2.30. The summed E-state index contributed by atoms with van der Waals surface area (Å²) < 4.78 is 0. The number of anilines is 1. The summed E-state index contributed by atoms with van der Waals surface area (Å²) in [7, 11) is 0. The quantitative estimate of drug-likeness (QED) is 0.794. The minimum atomic E-state index is -0.290. The molecule has 0 aliphatic carbocycles. The van der Waals surface area contributed by atoms with Crippen molar-refractivity contribution in [1.82, 2.24) is 9.80 Å². The molecule has 1 aromatic rings. The number of rotatable bonds is 3. The Hall–Kier alpha value is -1.72. The van der Waals surface area contributed by atoms with E-state index in [4.69, 9.17) is 0 Å². The first-order chi connectivity index (χ1) is 11.0. The molecular formula is C18H25N3O2. The van der Waals surface area contributed by atoms with Gasteiger partial charge in [-0.3, -0.25) is 14.5 Å². The standard InChI is InChI=1S/C18H25N3O2/c1-4-19-8-10-20(11-9-19)16-12-17(22)21(18(16)23)15-7-5-6-13(2)14(15)3/h5-7,16H,4,8-12H2,1-3H3/t16-/m1/s1. The second-order valence-electron chi connectivity index (χ2n) is 6.48. The van der Waals surface area contributed by atoms with Crippen LogP contribution in [0, 0.1) is 13.8 Å². The summed E-state index contributed by atoms with van der Waals surface area (Å²) in [6.07, 6.45) is 0.304. The molecule has 0 aromatic heterocycles. The van der Waals surface area contributed by atoms with Crippen LogP contribution in [0.5, 0.6) is 0 Å². The summed E-state index contributed by atoms with van der Waals surface area (Å²) in [6.45, 7) is 10.8. The molecule has 1 atom stereocenters. The van der Waals surface area contributed by atoms with Gasteiger partial charge in [-0.25, -0.2) is 4.90 Å². The Bertz CT molecular complexity index is 621. The number of benzene rings is 1. The molecule has 0 N–H and O–H groups in total. The fraction of sp³-hybridized carbons (Fsp3) is 0.556. The van der Waals surface area contributed by atoms with Crippen LogP contribution in [-0.4, -0.2) is 60.4 Å². The summed E-state index contributed by atoms with van der Waals surface area (Å²) in [5.41, 5.74) is 2.85. The van der Waals surface area contributed by atoms with E-state index in [1.165, 1.54) is 4.90 Å². The predicted octanol–water partition coefficient (Wildman–Crippen LogP) is 1.57. The highest BCUT2D eigenvalue weighted by Gasteiger charge is 2.43. The largest absolute Gasteiger partial charge is 0.301 e. The predicted molar refractivity (Wildman–Crippen MR) is 90.5 cm³/mol. The molecular weight excluding hydrogens is 290 g/mol. The lowest BCUT2D eigenvalue weighted by atomic mass is 10.1. The van der Waals surface area contributed by atoms with Crippen molar-refractivity contribution < 1.29 is 9.59 Å². The first kappa shape index (κ1) is 16.1. The Labute approximate surface area is 137 Å². The molecule has 2 aliphatic rings. The highest BCUT2D eigenvalue weighted by molar-refractivity contribution is 6.22. The Morgan fingerprint density at radius 2 is 1.78 bits per heavy atom. The summed E-state index contributed by atoms with van der Waals surface area (Å²) in [6, 6.07) is 5.49. The van der Waals surface area contributed by atoms with Crippen LogP contribution in [0.25, 0.3) is 0 Å². The van der Waals surface area contributed by atoms with Gasteiger partial charge in [-0.15, -0.1) is 0 Å². The van der Waals surface area contributed by atoms with Gasteiger partial charge in [-0.05, 0) is 37.6 Å². The van der Waals surface area contributed by atoms with Crippen LogP contribution in [0.2, 0.25) is 0 Å². The minimum absolute atomic E-state index is 0.0614. The van der Waals surface area contributed by atoms with Gasteiger partial charge in [-0.1, -0.05) is 19.1 Å². The fourth-order valence-electron chi connectivity index (χ4n) is 3.52. The van der Waals surface area contributed by atoms with Crippen molar-refractivity contribution in [3.05, 3.63) is 29.3 Å². The molecule has 0 radical (unpaired) electrons. The molecule has 3 rings (SSSR count). The van der Waals surface area contributed by atoms with Crippen LogP contribution in [0.15, 0.2) is 18.2 Å². The summed E-state index contributed by atoms with van der Waals surface area (Å²) >= 11 is 0. The number of hydrogen-bond donors (Lipinski definition) is 0. The lowest BCUT2D eigenvalue weighted by molar-refractivity contribution is -0.123. The summed E-state index contributed by atoms with van der Waals surface area (Å²) in [5.74, 6) is -0.139. The minimum Gasteiger partial charge on any atom is -0.301 e. The average molecular weight is 315 g/mol. The first-order valence-corrected chi connectivity index (χ1v) is 8.42. The topological polar surface area (TPSA) is 43.9 Å². The third-order valence-electron chi connectivity index (χ3n) is 5.23. The number of nitrogens with zero attached hydrogens (tertiary/aromatic N) is 3. The Morgan fingerprint density at radius 1 is 1.09 bits per heavy atom. The van der Waals surface area contributed by atoms with Crippen molar-refractivity contribution in [2.75, 3.05) is 37.6 Å². The van der Waals surface area contributed by atoms with Crippen molar-refractivity contribution in [2.45, 2.75) is 33.2 Å². The summed E-state index contributed by atoms with van der Waals surface area (Å²) in [4.78, 5) is 31.3. The van der Waals surface area contributed by atoms with Crippen LogP contribution in [-0.2, 0) is 9.59 Å². The fourth-order valence-corrected chi connectivity index (χ4v) is 3.52. The number of carbonyl (C=O) groups excluding carboxylic acids is 2.